The number of carbonyl (C=O) groups excluding carboxylic acids is 1. The normalized spacial score (nSPS) is 20.5. The third kappa shape index (κ3) is 5.03. The molecule has 1 amide bonds. The first-order valence-corrected chi connectivity index (χ1v) is 7.66. The van der Waals surface area contributed by atoms with Crippen LogP contribution < -0.4 is 10.6 Å². The second kappa shape index (κ2) is 7.15. The van der Waals surface area contributed by atoms with Gasteiger partial charge in [0.1, 0.15) is 5.82 Å². The van der Waals surface area contributed by atoms with E-state index in [1.165, 1.54) is 12.3 Å². The smallest absolute Gasteiger partial charge is 0.220 e. The van der Waals surface area contributed by atoms with E-state index < -0.39 is 11.9 Å². The fourth-order valence-electron chi connectivity index (χ4n) is 2.92. The van der Waals surface area contributed by atoms with E-state index >= 15 is 0 Å². The molecule has 1 fully saturated rings. The maximum absolute atomic E-state index is 13.1. The quantitative estimate of drug-likeness (QED) is 0.745. The predicted molar refractivity (Wildman–Crippen MR) is 81.6 cm³/mol. The standard InChI is InChI=1S/C16H24FN3O2/c1-16(2,7-11-3-4-19-15(22)5-11)20-10-14(21)12-6-13(17)9-18-8-12/h6,8-9,11,14,20-21H,3-5,7,10H2,1-2H3,(H,19,22)/t11-,14-/m0/s1. The molecule has 0 saturated carbocycles. The summed E-state index contributed by atoms with van der Waals surface area (Å²) in [5, 5.41) is 16.3. The van der Waals surface area contributed by atoms with Gasteiger partial charge >= 0.3 is 0 Å². The number of nitrogens with zero attached hydrogens (tertiary/aromatic N) is 1. The Balaban J connectivity index is 1.84. The first kappa shape index (κ1) is 16.8. The predicted octanol–water partition coefficient (Wildman–Crippen LogP) is 1.54. The number of pyridine rings is 1. The lowest BCUT2D eigenvalue weighted by molar-refractivity contribution is -0.123. The molecule has 0 aromatic carbocycles. The van der Waals surface area contributed by atoms with Gasteiger partial charge in [0.15, 0.2) is 0 Å². The Morgan fingerprint density at radius 2 is 2.32 bits per heavy atom. The summed E-state index contributed by atoms with van der Waals surface area (Å²) < 4.78 is 13.1. The van der Waals surface area contributed by atoms with Crippen LogP contribution in [0.4, 0.5) is 4.39 Å². The van der Waals surface area contributed by atoms with Gasteiger partial charge in [-0.2, -0.15) is 0 Å². The Kier molecular flexibility index (Phi) is 5.47. The summed E-state index contributed by atoms with van der Waals surface area (Å²) in [6, 6.07) is 1.29. The molecule has 1 aromatic rings. The van der Waals surface area contributed by atoms with E-state index in [0.29, 0.717) is 24.4 Å². The number of amides is 1. The minimum absolute atomic E-state index is 0.109. The Hall–Kier alpha value is -1.53. The van der Waals surface area contributed by atoms with E-state index in [2.05, 4.69) is 29.5 Å². The SMILES string of the molecule is CC(C)(C[C@H]1CCNC(=O)C1)NC[C@H](O)c1cncc(F)c1. The van der Waals surface area contributed by atoms with E-state index in [9.17, 15) is 14.3 Å². The van der Waals surface area contributed by atoms with Crippen molar-refractivity contribution < 1.29 is 14.3 Å². The molecule has 2 heterocycles. The zero-order valence-electron chi connectivity index (χ0n) is 13.1. The molecule has 1 saturated heterocycles. The number of nitrogens with one attached hydrogen (secondary N) is 2. The van der Waals surface area contributed by atoms with Crippen molar-refractivity contribution >= 4 is 5.91 Å². The summed E-state index contributed by atoms with van der Waals surface area (Å²) in [6.07, 6.45) is 4.16. The van der Waals surface area contributed by atoms with Gasteiger partial charge in [0, 0.05) is 36.8 Å². The highest BCUT2D eigenvalue weighted by molar-refractivity contribution is 5.76. The van der Waals surface area contributed by atoms with Crippen molar-refractivity contribution in [3.63, 3.8) is 0 Å². The van der Waals surface area contributed by atoms with Crippen molar-refractivity contribution in [2.45, 2.75) is 44.8 Å². The third-order valence-electron chi connectivity index (χ3n) is 4.03. The highest BCUT2D eigenvalue weighted by Gasteiger charge is 2.27. The average Bonchev–Trinajstić information content (AvgIpc) is 2.44. The van der Waals surface area contributed by atoms with E-state index in [4.69, 9.17) is 0 Å². The number of hydrogen-bond donors (Lipinski definition) is 3. The zero-order chi connectivity index (χ0) is 16.2. The second-order valence-corrected chi connectivity index (χ2v) is 6.63. The van der Waals surface area contributed by atoms with Crippen molar-refractivity contribution in [1.82, 2.24) is 15.6 Å². The molecule has 3 N–H and O–H groups in total. The first-order chi connectivity index (χ1) is 10.4. The summed E-state index contributed by atoms with van der Waals surface area (Å²) in [6.45, 7) is 5.15. The molecule has 122 valence electrons. The van der Waals surface area contributed by atoms with Gasteiger partial charge in [-0.3, -0.25) is 9.78 Å². The van der Waals surface area contributed by atoms with Crippen LogP contribution >= 0.6 is 0 Å². The van der Waals surface area contributed by atoms with Gasteiger partial charge < -0.3 is 15.7 Å². The van der Waals surface area contributed by atoms with Gasteiger partial charge in [0.2, 0.25) is 5.91 Å². The lowest BCUT2D eigenvalue weighted by Crippen LogP contribution is -2.45. The van der Waals surface area contributed by atoms with Crippen molar-refractivity contribution in [3.05, 3.63) is 29.8 Å². The number of halogens is 1. The van der Waals surface area contributed by atoms with Crippen LogP contribution in [0.5, 0.6) is 0 Å². The number of rotatable bonds is 6. The van der Waals surface area contributed by atoms with Gasteiger partial charge in [0.05, 0.1) is 12.3 Å². The number of β-amino-alcohol motifs (C(OH)–C–C–N with tert-alkyl or cyclic N) is 1. The number of aliphatic hydroxyl groups excluding tert-OH is 1. The van der Waals surface area contributed by atoms with Crippen LogP contribution in [0.15, 0.2) is 18.5 Å². The maximum atomic E-state index is 13.1. The molecule has 0 aliphatic carbocycles. The summed E-state index contributed by atoms with van der Waals surface area (Å²) in [4.78, 5) is 15.2. The van der Waals surface area contributed by atoms with Crippen molar-refractivity contribution in [2.75, 3.05) is 13.1 Å². The molecule has 0 spiro atoms. The largest absolute Gasteiger partial charge is 0.387 e. The molecular formula is C16H24FN3O2. The molecule has 22 heavy (non-hydrogen) atoms. The highest BCUT2D eigenvalue weighted by Crippen LogP contribution is 2.24. The molecule has 1 aromatic heterocycles. The van der Waals surface area contributed by atoms with E-state index in [-0.39, 0.29) is 11.4 Å². The van der Waals surface area contributed by atoms with Gasteiger partial charge in [-0.25, -0.2) is 4.39 Å². The van der Waals surface area contributed by atoms with Crippen LogP contribution in [0, 0.1) is 11.7 Å². The lowest BCUT2D eigenvalue weighted by atomic mass is 9.84. The molecule has 0 unspecified atom stereocenters. The van der Waals surface area contributed by atoms with Crippen LogP contribution in [0.25, 0.3) is 0 Å². The third-order valence-corrected chi connectivity index (χ3v) is 4.03. The molecule has 6 heteroatoms. The van der Waals surface area contributed by atoms with E-state index in [0.717, 1.165) is 25.6 Å². The molecule has 0 radical (unpaired) electrons. The van der Waals surface area contributed by atoms with Crippen LogP contribution in [0.2, 0.25) is 0 Å². The Bertz CT molecular complexity index is 522. The Morgan fingerprint density at radius 3 is 3.00 bits per heavy atom. The minimum Gasteiger partial charge on any atom is -0.387 e. The summed E-state index contributed by atoms with van der Waals surface area (Å²) >= 11 is 0. The lowest BCUT2D eigenvalue weighted by Gasteiger charge is -2.33. The molecule has 1 aliphatic heterocycles. The molecule has 2 rings (SSSR count). The summed E-state index contributed by atoms with van der Waals surface area (Å²) in [5.41, 5.74) is 0.254. The monoisotopic (exact) mass is 309 g/mol. The number of carbonyl (C=O) groups is 1. The number of hydrogen-bond acceptors (Lipinski definition) is 4. The second-order valence-electron chi connectivity index (χ2n) is 6.63. The first-order valence-electron chi connectivity index (χ1n) is 7.66. The van der Waals surface area contributed by atoms with Crippen LogP contribution in [-0.2, 0) is 4.79 Å². The van der Waals surface area contributed by atoms with Crippen molar-refractivity contribution in [3.8, 4) is 0 Å². The minimum atomic E-state index is -0.808. The molecular weight excluding hydrogens is 285 g/mol. The summed E-state index contributed by atoms with van der Waals surface area (Å²) in [5.74, 6) is 0.00572. The van der Waals surface area contributed by atoms with E-state index in [1.54, 1.807) is 0 Å². The number of piperidine rings is 1. The average molecular weight is 309 g/mol. The highest BCUT2D eigenvalue weighted by atomic mass is 19.1. The number of aliphatic hydroxyl groups is 1. The van der Waals surface area contributed by atoms with Crippen LogP contribution in [0.1, 0.15) is 44.8 Å². The molecule has 0 bridgehead atoms. The topological polar surface area (TPSA) is 74.2 Å². The van der Waals surface area contributed by atoms with Crippen molar-refractivity contribution in [1.29, 1.82) is 0 Å². The van der Waals surface area contributed by atoms with E-state index in [1.807, 2.05) is 0 Å². The Labute approximate surface area is 130 Å². The molecule has 5 nitrogen and oxygen atoms in total. The van der Waals surface area contributed by atoms with Gasteiger partial charge in [-0.05, 0) is 38.7 Å². The van der Waals surface area contributed by atoms with Gasteiger partial charge in [-0.1, -0.05) is 0 Å². The Morgan fingerprint density at radius 1 is 1.55 bits per heavy atom. The van der Waals surface area contributed by atoms with Crippen LogP contribution in [0.3, 0.4) is 0 Å². The molecule has 2 atom stereocenters. The fraction of sp³-hybridized carbons (Fsp3) is 0.625. The van der Waals surface area contributed by atoms with Gasteiger partial charge in [-0.15, -0.1) is 0 Å². The maximum Gasteiger partial charge on any atom is 0.220 e. The van der Waals surface area contributed by atoms with Crippen molar-refractivity contribution in [2.24, 2.45) is 5.92 Å². The summed E-state index contributed by atoms with van der Waals surface area (Å²) in [7, 11) is 0. The number of aromatic nitrogens is 1. The zero-order valence-corrected chi connectivity index (χ0v) is 13.1. The fourth-order valence-corrected chi connectivity index (χ4v) is 2.92. The van der Waals surface area contributed by atoms with Gasteiger partial charge in [0.25, 0.3) is 0 Å². The molecule has 1 aliphatic rings. The van der Waals surface area contributed by atoms with Crippen LogP contribution in [-0.4, -0.2) is 34.6 Å².